The largest absolute Gasteiger partial charge is 0.376 e. The molecule has 0 radical (unpaired) electrons. The van der Waals surface area contributed by atoms with E-state index < -0.39 is 22.2 Å². The van der Waals surface area contributed by atoms with Crippen molar-refractivity contribution in [3.8, 4) is 0 Å². The molecule has 0 amide bonds. The van der Waals surface area contributed by atoms with Gasteiger partial charge in [-0.1, -0.05) is 12.8 Å². The molecular weight excluding hydrogens is 286 g/mol. The number of anilines is 1. The lowest BCUT2D eigenvalue weighted by atomic mass is 9.94. The molecule has 0 bridgehead atoms. The predicted molar refractivity (Wildman–Crippen MR) is 76.2 cm³/mol. The fraction of sp³-hybridized carbons (Fsp3) is 0.538. The van der Waals surface area contributed by atoms with Gasteiger partial charge in [0.05, 0.1) is 17.1 Å². The molecule has 1 saturated carbocycles. The van der Waals surface area contributed by atoms with E-state index in [1.165, 1.54) is 0 Å². The Hall–Kier alpha value is -1.37. The number of nitro benzene ring substituents is 1. The van der Waals surface area contributed by atoms with E-state index in [4.69, 9.17) is 0 Å². The molecule has 1 aliphatic rings. The molecule has 20 heavy (non-hydrogen) atoms. The van der Waals surface area contributed by atoms with E-state index in [9.17, 15) is 18.9 Å². The number of hydrogen-bond donors (Lipinski definition) is 1. The van der Waals surface area contributed by atoms with Crippen LogP contribution in [-0.2, 0) is 0 Å². The van der Waals surface area contributed by atoms with Gasteiger partial charge in [0.15, 0.2) is 11.6 Å². The Morgan fingerprint density at radius 2 is 1.90 bits per heavy atom. The van der Waals surface area contributed by atoms with Gasteiger partial charge < -0.3 is 5.32 Å². The number of nitro groups is 1. The summed E-state index contributed by atoms with van der Waals surface area (Å²) in [4.78, 5) is 9.75. The van der Waals surface area contributed by atoms with Crippen LogP contribution in [0.25, 0.3) is 0 Å². The van der Waals surface area contributed by atoms with E-state index in [0.717, 1.165) is 37.8 Å². The van der Waals surface area contributed by atoms with Crippen molar-refractivity contribution >= 4 is 23.1 Å². The van der Waals surface area contributed by atoms with Crippen LogP contribution in [0.2, 0.25) is 0 Å². The first kappa shape index (κ1) is 15.0. The lowest BCUT2D eigenvalue weighted by Gasteiger charge is -2.31. The van der Waals surface area contributed by atoms with Crippen LogP contribution in [0.4, 0.5) is 20.2 Å². The standard InChI is InChI=1S/C13H16F2N2O2S/c1-20-12-5-3-2-4-11(12)16-13-9(14)6-8(17(18)19)7-10(13)15/h6-7,11-12,16H,2-5H2,1H3. The summed E-state index contributed by atoms with van der Waals surface area (Å²) in [5, 5.41) is 13.7. The van der Waals surface area contributed by atoms with Gasteiger partial charge in [-0.3, -0.25) is 10.1 Å². The van der Waals surface area contributed by atoms with Gasteiger partial charge in [0.25, 0.3) is 5.69 Å². The summed E-state index contributed by atoms with van der Waals surface area (Å²) < 4.78 is 27.7. The summed E-state index contributed by atoms with van der Waals surface area (Å²) in [5.41, 5.74) is -0.836. The van der Waals surface area contributed by atoms with Crippen LogP contribution in [0.5, 0.6) is 0 Å². The number of thioether (sulfide) groups is 1. The van der Waals surface area contributed by atoms with Crippen molar-refractivity contribution in [1.82, 2.24) is 0 Å². The number of nitrogens with zero attached hydrogens (tertiary/aromatic N) is 1. The third kappa shape index (κ3) is 3.20. The highest BCUT2D eigenvalue weighted by Gasteiger charge is 2.27. The Morgan fingerprint density at radius 1 is 1.30 bits per heavy atom. The summed E-state index contributed by atoms with van der Waals surface area (Å²) in [6.07, 6.45) is 5.98. The molecule has 1 aromatic carbocycles. The molecule has 0 heterocycles. The maximum atomic E-state index is 13.8. The molecule has 2 unspecified atom stereocenters. The fourth-order valence-corrected chi connectivity index (χ4v) is 3.47. The fourth-order valence-electron chi connectivity index (χ4n) is 2.53. The van der Waals surface area contributed by atoms with Gasteiger partial charge in [-0.05, 0) is 19.1 Å². The highest BCUT2D eigenvalue weighted by atomic mass is 32.2. The Morgan fingerprint density at radius 3 is 2.45 bits per heavy atom. The minimum Gasteiger partial charge on any atom is -0.376 e. The summed E-state index contributed by atoms with van der Waals surface area (Å²) in [6, 6.07) is 1.49. The Kier molecular flexibility index (Phi) is 4.80. The molecule has 0 saturated heterocycles. The minimum absolute atomic E-state index is 0.00999. The predicted octanol–water partition coefficient (Wildman–Crippen LogP) is 3.96. The summed E-state index contributed by atoms with van der Waals surface area (Å²) >= 11 is 1.68. The SMILES string of the molecule is CSC1CCCCC1Nc1c(F)cc([N+](=O)[O-])cc1F. The average Bonchev–Trinajstić information content (AvgIpc) is 2.42. The molecule has 4 nitrogen and oxygen atoms in total. The van der Waals surface area contributed by atoms with Gasteiger partial charge in [0, 0.05) is 11.3 Å². The molecule has 2 rings (SSSR count). The number of benzene rings is 1. The summed E-state index contributed by atoms with van der Waals surface area (Å²) in [5.74, 6) is -1.83. The van der Waals surface area contributed by atoms with Crippen molar-refractivity contribution < 1.29 is 13.7 Å². The third-order valence-electron chi connectivity index (χ3n) is 3.57. The van der Waals surface area contributed by atoms with Crippen molar-refractivity contribution in [2.75, 3.05) is 11.6 Å². The minimum atomic E-state index is -0.915. The molecule has 0 spiro atoms. The van der Waals surface area contributed by atoms with Crippen molar-refractivity contribution in [3.05, 3.63) is 33.9 Å². The van der Waals surface area contributed by atoms with Gasteiger partial charge in [-0.2, -0.15) is 11.8 Å². The van der Waals surface area contributed by atoms with Crippen LogP contribution >= 0.6 is 11.8 Å². The van der Waals surface area contributed by atoms with E-state index in [0.29, 0.717) is 5.25 Å². The van der Waals surface area contributed by atoms with Crippen LogP contribution in [-0.4, -0.2) is 22.5 Å². The van der Waals surface area contributed by atoms with E-state index in [1.807, 2.05) is 6.26 Å². The molecule has 1 N–H and O–H groups in total. The number of non-ortho nitro benzene ring substituents is 1. The van der Waals surface area contributed by atoms with E-state index in [2.05, 4.69) is 5.32 Å². The first-order chi connectivity index (χ1) is 9.52. The van der Waals surface area contributed by atoms with Crippen molar-refractivity contribution in [3.63, 3.8) is 0 Å². The van der Waals surface area contributed by atoms with Crippen LogP contribution in [0.3, 0.4) is 0 Å². The van der Waals surface area contributed by atoms with E-state index in [1.54, 1.807) is 11.8 Å². The van der Waals surface area contributed by atoms with Gasteiger partial charge in [-0.15, -0.1) is 0 Å². The monoisotopic (exact) mass is 302 g/mol. The molecule has 1 fully saturated rings. The van der Waals surface area contributed by atoms with E-state index >= 15 is 0 Å². The molecule has 0 aromatic heterocycles. The molecule has 1 aliphatic carbocycles. The number of halogens is 2. The lowest BCUT2D eigenvalue weighted by molar-refractivity contribution is -0.385. The molecule has 0 aliphatic heterocycles. The third-order valence-corrected chi connectivity index (χ3v) is 4.74. The Labute approximate surface area is 120 Å². The second kappa shape index (κ2) is 6.39. The van der Waals surface area contributed by atoms with Crippen LogP contribution in [0, 0.1) is 21.7 Å². The zero-order valence-electron chi connectivity index (χ0n) is 11.1. The number of hydrogen-bond acceptors (Lipinski definition) is 4. The van der Waals surface area contributed by atoms with E-state index in [-0.39, 0.29) is 11.7 Å². The lowest BCUT2D eigenvalue weighted by Crippen LogP contribution is -2.34. The Bertz CT molecular complexity index is 490. The first-order valence-corrected chi connectivity index (χ1v) is 7.74. The average molecular weight is 302 g/mol. The quantitative estimate of drug-likeness (QED) is 0.675. The van der Waals surface area contributed by atoms with Crippen LogP contribution < -0.4 is 5.32 Å². The van der Waals surface area contributed by atoms with Crippen molar-refractivity contribution in [2.24, 2.45) is 0 Å². The van der Waals surface area contributed by atoms with Crippen LogP contribution in [0.1, 0.15) is 25.7 Å². The van der Waals surface area contributed by atoms with Gasteiger partial charge >= 0.3 is 0 Å². The zero-order chi connectivity index (χ0) is 14.7. The second-order valence-corrected chi connectivity index (χ2v) is 5.93. The molecule has 2 atom stereocenters. The maximum absolute atomic E-state index is 13.8. The summed E-state index contributed by atoms with van der Waals surface area (Å²) in [7, 11) is 0. The Balaban J connectivity index is 2.22. The van der Waals surface area contributed by atoms with Gasteiger partial charge in [0.2, 0.25) is 0 Å². The maximum Gasteiger partial charge on any atom is 0.275 e. The molecule has 110 valence electrons. The van der Waals surface area contributed by atoms with Crippen molar-refractivity contribution in [1.29, 1.82) is 0 Å². The molecular formula is C13H16F2N2O2S. The summed E-state index contributed by atoms with van der Waals surface area (Å²) in [6.45, 7) is 0. The highest BCUT2D eigenvalue weighted by molar-refractivity contribution is 7.99. The topological polar surface area (TPSA) is 55.2 Å². The smallest absolute Gasteiger partial charge is 0.275 e. The van der Waals surface area contributed by atoms with Gasteiger partial charge in [-0.25, -0.2) is 8.78 Å². The second-order valence-electron chi connectivity index (χ2n) is 4.85. The molecule has 7 heteroatoms. The first-order valence-electron chi connectivity index (χ1n) is 6.45. The number of nitrogens with one attached hydrogen (secondary N) is 1. The highest BCUT2D eigenvalue weighted by Crippen LogP contribution is 2.32. The normalized spacial score (nSPS) is 22.6. The molecule has 1 aromatic rings. The van der Waals surface area contributed by atoms with Gasteiger partial charge in [0.1, 0.15) is 5.69 Å². The zero-order valence-corrected chi connectivity index (χ0v) is 11.9. The number of rotatable bonds is 4. The van der Waals surface area contributed by atoms with Crippen molar-refractivity contribution in [2.45, 2.75) is 37.0 Å². The van der Waals surface area contributed by atoms with Crippen LogP contribution in [0.15, 0.2) is 12.1 Å².